The lowest BCUT2D eigenvalue weighted by atomic mass is 10.1. The summed E-state index contributed by atoms with van der Waals surface area (Å²) in [6.07, 6.45) is 0. The molecule has 0 spiro atoms. The van der Waals surface area contributed by atoms with E-state index in [1.165, 1.54) is 36.4 Å². The highest BCUT2D eigenvalue weighted by Crippen LogP contribution is 2.32. The van der Waals surface area contributed by atoms with Gasteiger partial charge in [-0.05, 0) is 13.0 Å². The van der Waals surface area contributed by atoms with Crippen LogP contribution in [0.4, 0.5) is 22.2 Å². The van der Waals surface area contributed by atoms with Crippen molar-refractivity contribution in [3.05, 3.63) is 74.1 Å². The van der Waals surface area contributed by atoms with Gasteiger partial charge in [-0.25, -0.2) is 4.98 Å². The molecule has 0 fully saturated rings. The first kappa shape index (κ1) is 20.9. The number of nitrogens with zero attached hydrogens (tertiary/aromatic N) is 7. The fourth-order valence-corrected chi connectivity index (χ4v) is 3.68. The number of amides is 1. The van der Waals surface area contributed by atoms with Gasteiger partial charge < -0.3 is 0 Å². The van der Waals surface area contributed by atoms with Crippen molar-refractivity contribution in [3.8, 4) is 11.3 Å². The Labute approximate surface area is 183 Å². The molecule has 1 aliphatic heterocycles. The van der Waals surface area contributed by atoms with Crippen molar-refractivity contribution in [3.63, 3.8) is 0 Å². The Morgan fingerprint density at radius 2 is 1.75 bits per heavy atom. The predicted molar refractivity (Wildman–Crippen MR) is 116 cm³/mol. The Kier molecular flexibility index (Phi) is 5.47. The molecule has 160 valence electrons. The molecule has 32 heavy (non-hydrogen) atoms. The third-order valence-corrected chi connectivity index (χ3v) is 5.27. The summed E-state index contributed by atoms with van der Waals surface area (Å²) in [5.41, 5.74) is 1.43. The Morgan fingerprint density at radius 3 is 2.47 bits per heavy atom. The van der Waals surface area contributed by atoms with Crippen molar-refractivity contribution < 1.29 is 14.6 Å². The van der Waals surface area contributed by atoms with Crippen molar-refractivity contribution in [2.75, 3.05) is 5.01 Å². The van der Waals surface area contributed by atoms with Crippen LogP contribution in [0.5, 0.6) is 0 Å². The van der Waals surface area contributed by atoms with Crippen LogP contribution in [0, 0.1) is 20.2 Å². The van der Waals surface area contributed by atoms with E-state index in [-0.39, 0.29) is 22.2 Å². The first-order valence-corrected chi connectivity index (χ1v) is 9.96. The van der Waals surface area contributed by atoms with Gasteiger partial charge >= 0.3 is 0 Å². The third kappa shape index (κ3) is 4.09. The van der Waals surface area contributed by atoms with Crippen LogP contribution in [0.1, 0.15) is 6.92 Å². The van der Waals surface area contributed by atoms with E-state index >= 15 is 0 Å². The molecule has 12 nitrogen and oxygen atoms in total. The maximum atomic E-state index is 12.8. The number of non-ortho nitro benzene ring substituents is 2. The molecule has 0 aliphatic carbocycles. The van der Waals surface area contributed by atoms with Gasteiger partial charge in [0.2, 0.25) is 5.13 Å². The lowest BCUT2D eigenvalue weighted by Crippen LogP contribution is -2.29. The maximum absolute atomic E-state index is 12.8. The molecule has 1 aliphatic rings. The summed E-state index contributed by atoms with van der Waals surface area (Å²) in [6.45, 7) is 1.62. The zero-order chi connectivity index (χ0) is 22.8. The van der Waals surface area contributed by atoms with Gasteiger partial charge in [0.15, 0.2) is 6.04 Å². The largest absolute Gasteiger partial charge is 0.282 e. The summed E-state index contributed by atoms with van der Waals surface area (Å²) >= 11 is 1.15. The molecule has 3 aromatic rings. The zero-order valence-corrected chi connectivity index (χ0v) is 17.2. The molecule has 0 radical (unpaired) electrons. The second kappa shape index (κ2) is 8.39. The number of nitro benzene ring substituents is 2. The molecule has 2 heterocycles. The number of thiazole rings is 1. The van der Waals surface area contributed by atoms with Crippen LogP contribution in [-0.2, 0) is 4.79 Å². The number of azo groups is 1. The van der Waals surface area contributed by atoms with Gasteiger partial charge in [-0.15, -0.1) is 11.3 Å². The van der Waals surface area contributed by atoms with Gasteiger partial charge in [-0.3, -0.25) is 25.0 Å². The summed E-state index contributed by atoms with van der Waals surface area (Å²) in [5, 5.41) is 37.1. The highest BCUT2D eigenvalue weighted by molar-refractivity contribution is 7.14. The van der Waals surface area contributed by atoms with Gasteiger partial charge in [-0.1, -0.05) is 18.2 Å². The molecular weight excluding hydrogens is 438 g/mol. The molecule has 4 rings (SSSR count). The van der Waals surface area contributed by atoms with Crippen LogP contribution in [0.25, 0.3) is 11.3 Å². The number of hydrazone groups is 1. The van der Waals surface area contributed by atoms with Gasteiger partial charge in [0.1, 0.15) is 0 Å². The summed E-state index contributed by atoms with van der Waals surface area (Å²) in [6, 6.07) is 10.6. The van der Waals surface area contributed by atoms with E-state index in [4.69, 9.17) is 0 Å². The fraction of sp³-hybridized carbons (Fsp3) is 0.105. The lowest BCUT2D eigenvalue weighted by Gasteiger charge is -2.08. The predicted octanol–water partition coefficient (Wildman–Crippen LogP) is 4.50. The van der Waals surface area contributed by atoms with Crippen LogP contribution in [0.3, 0.4) is 0 Å². The summed E-state index contributed by atoms with van der Waals surface area (Å²) in [7, 11) is 0. The fourth-order valence-electron chi connectivity index (χ4n) is 2.89. The zero-order valence-electron chi connectivity index (χ0n) is 16.4. The van der Waals surface area contributed by atoms with Gasteiger partial charge in [0, 0.05) is 35.2 Å². The Balaban J connectivity index is 1.54. The lowest BCUT2D eigenvalue weighted by molar-refractivity contribution is -0.385. The number of aromatic nitrogens is 1. The molecule has 1 amide bonds. The summed E-state index contributed by atoms with van der Waals surface area (Å²) in [5.74, 6) is -0.475. The normalized spacial score (nSPS) is 15.9. The van der Waals surface area contributed by atoms with Crippen LogP contribution in [0.15, 0.2) is 69.2 Å². The molecule has 0 unspecified atom stereocenters. The number of benzene rings is 2. The van der Waals surface area contributed by atoms with Crippen LogP contribution in [0.2, 0.25) is 0 Å². The second-order valence-corrected chi connectivity index (χ2v) is 7.45. The minimum absolute atomic E-state index is 0.0650. The van der Waals surface area contributed by atoms with E-state index in [0.717, 1.165) is 16.3 Å². The minimum Gasteiger partial charge on any atom is -0.269 e. The van der Waals surface area contributed by atoms with Crippen molar-refractivity contribution in [1.29, 1.82) is 0 Å². The van der Waals surface area contributed by atoms with Crippen LogP contribution < -0.4 is 5.01 Å². The second-order valence-electron chi connectivity index (χ2n) is 6.61. The number of rotatable bonds is 6. The molecule has 2 aromatic carbocycles. The molecule has 1 atom stereocenters. The highest BCUT2D eigenvalue weighted by Gasteiger charge is 2.36. The first-order valence-electron chi connectivity index (χ1n) is 9.08. The van der Waals surface area contributed by atoms with E-state index < -0.39 is 21.8 Å². The van der Waals surface area contributed by atoms with E-state index in [9.17, 15) is 25.0 Å². The monoisotopic (exact) mass is 451 g/mol. The average molecular weight is 451 g/mol. The summed E-state index contributed by atoms with van der Waals surface area (Å²) < 4.78 is 0. The standard InChI is InChI=1S/C19H13N7O5S/c1-11-17(22-21-13-5-3-7-15(9-13)26(30)31)18(27)24(23-11)19-20-16(10-32-19)12-4-2-6-14(8-12)25(28)29/h2-10,17H,1H3/t17-/m0/s1. The topological polar surface area (TPSA) is 157 Å². The molecule has 13 heteroatoms. The van der Waals surface area contributed by atoms with Crippen LogP contribution >= 0.6 is 11.3 Å². The molecule has 0 bridgehead atoms. The Morgan fingerprint density at radius 1 is 1.06 bits per heavy atom. The Bertz CT molecular complexity index is 1300. The van der Waals surface area contributed by atoms with Crippen molar-refractivity contribution in [1.82, 2.24) is 4.98 Å². The SMILES string of the molecule is CC1=NN(c2nc(-c3cccc([N+](=O)[O-])c3)cs2)C(=O)[C@H]1N=Nc1cccc([N+](=O)[O-])c1. The van der Waals surface area contributed by atoms with Gasteiger partial charge in [0.05, 0.1) is 26.9 Å². The Hall–Kier alpha value is -4.39. The summed E-state index contributed by atoms with van der Waals surface area (Å²) in [4.78, 5) is 38.0. The molecule has 0 saturated heterocycles. The number of hydrogen-bond donors (Lipinski definition) is 0. The molecular formula is C19H13N7O5S. The van der Waals surface area contributed by atoms with Crippen molar-refractivity contribution >= 4 is 45.1 Å². The number of hydrogen-bond acceptors (Lipinski definition) is 10. The number of carbonyl (C=O) groups is 1. The van der Waals surface area contributed by atoms with E-state index in [1.807, 2.05) is 0 Å². The van der Waals surface area contributed by atoms with Crippen molar-refractivity contribution in [2.45, 2.75) is 13.0 Å². The third-order valence-electron chi connectivity index (χ3n) is 4.45. The average Bonchev–Trinajstić information content (AvgIpc) is 3.37. The van der Waals surface area contributed by atoms with Gasteiger partial charge in [0.25, 0.3) is 17.3 Å². The number of carbonyl (C=O) groups excluding carboxylic acids is 1. The van der Waals surface area contributed by atoms with Gasteiger partial charge in [-0.2, -0.15) is 20.3 Å². The minimum atomic E-state index is -0.987. The number of anilines is 1. The van der Waals surface area contributed by atoms with E-state index in [1.54, 1.807) is 24.4 Å². The smallest absolute Gasteiger partial charge is 0.269 e. The first-order chi connectivity index (χ1) is 15.3. The molecule has 1 aromatic heterocycles. The quantitative estimate of drug-likeness (QED) is 0.305. The van der Waals surface area contributed by atoms with E-state index in [2.05, 4.69) is 20.3 Å². The van der Waals surface area contributed by atoms with Crippen molar-refractivity contribution in [2.24, 2.45) is 15.3 Å². The maximum Gasteiger partial charge on any atom is 0.282 e. The van der Waals surface area contributed by atoms with E-state index in [0.29, 0.717) is 17.0 Å². The molecule has 0 N–H and O–H groups in total. The molecule has 0 saturated carbocycles. The highest BCUT2D eigenvalue weighted by atomic mass is 32.1. The van der Waals surface area contributed by atoms with Crippen LogP contribution in [-0.4, -0.2) is 32.5 Å². The number of nitro groups is 2.